The monoisotopic (exact) mass is 318 g/mol. The number of hydrogen-bond donors (Lipinski definition) is 1. The van der Waals surface area contributed by atoms with Crippen LogP contribution in [-0.2, 0) is 15.8 Å². The van der Waals surface area contributed by atoms with Crippen molar-refractivity contribution in [1.29, 1.82) is 5.26 Å². The Bertz CT molecular complexity index is 778. The van der Waals surface area contributed by atoms with Crippen molar-refractivity contribution in [3.63, 3.8) is 0 Å². The second-order valence-electron chi connectivity index (χ2n) is 4.98. The van der Waals surface area contributed by atoms with Crippen LogP contribution in [0.15, 0.2) is 48.5 Å². The van der Waals surface area contributed by atoms with Crippen LogP contribution in [0.3, 0.4) is 0 Å². The molecule has 0 aliphatic heterocycles. The van der Waals surface area contributed by atoms with E-state index in [1.807, 2.05) is 25.1 Å². The van der Waals surface area contributed by atoms with Gasteiger partial charge in [-0.2, -0.15) is 9.98 Å². The number of nitrogens with zero attached hydrogens (tertiary/aromatic N) is 1. The molecular weight excluding hydrogens is 303 g/mol. The zero-order chi connectivity index (χ0) is 16.2. The van der Waals surface area contributed by atoms with Crippen LogP contribution in [0.25, 0.3) is 0 Å². The lowest BCUT2D eigenvalue weighted by Crippen LogP contribution is -2.29. The lowest BCUT2D eigenvalue weighted by molar-refractivity contribution is 0.574. The summed E-state index contributed by atoms with van der Waals surface area (Å²) in [7, 11) is -3.71. The molecule has 0 aliphatic rings. The van der Waals surface area contributed by atoms with Gasteiger partial charge in [-0.25, -0.2) is 12.8 Å². The standard InChI is InChI=1S/C16H15FN2O2S/c1-12-2-6-14(7-3-12)16(10-18)19-22(20,21)11-13-4-8-15(17)9-5-13/h2-9,16,19H,11H2,1H3. The summed E-state index contributed by atoms with van der Waals surface area (Å²) in [6.07, 6.45) is 0. The minimum atomic E-state index is -3.71. The SMILES string of the molecule is Cc1ccc(C(C#N)NS(=O)(=O)Cc2ccc(F)cc2)cc1. The van der Waals surface area contributed by atoms with Gasteiger partial charge in [0, 0.05) is 0 Å². The van der Waals surface area contributed by atoms with Gasteiger partial charge in [-0.3, -0.25) is 0 Å². The fourth-order valence-electron chi connectivity index (χ4n) is 1.95. The molecule has 1 atom stereocenters. The molecule has 6 heteroatoms. The quantitative estimate of drug-likeness (QED) is 0.921. The lowest BCUT2D eigenvalue weighted by Gasteiger charge is -2.13. The van der Waals surface area contributed by atoms with E-state index in [1.54, 1.807) is 12.1 Å². The fraction of sp³-hybridized carbons (Fsp3) is 0.188. The topological polar surface area (TPSA) is 70.0 Å². The summed E-state index contributed by atoms with van der Waals surface area (Å²) in [6, 6.07) is 13.2. The predicted molar refractivity (Wildman–Crippen MR) is 81.7 cm³/mol. The molecule has 114 valence electrons. The van der Waals surface area contributed by atoms with Gasteiger partial charge in [0.1, 0.15) is 11.9 Å². The van der Waals surface area contributed by atoms with E-state index in [4.69, 9.17) is 0 Å². The van der Waals surface area contributed by atoms with Gasteiger partial charge in [0.15, 0.2) is 0 Å². The maximum absolute atomic E-state index is 12.8. The summed E-state index contributed by atoms with van der Waals surface area (Å²) in [5.74, 6) is -0.735. The van der Waals surface area contributed by atoms with Gasteiger partial charge in [0.05, 0.1) is 11.8 Å². The van der Waals surface area contributed by atoms with Crippen molar-refractivity contribution in [3.05, 3.63) is 71.0 Å². The van der Waals surface area contributed by atoms with E-state index in [9.17, 15) is 18.1 Å². The molecule has 4 nitrogen and oxygen atoms in total. The molecule has 0 heterocycles. The number of aryl methyl sites for hydroxylation is 1. The molecule has 1 unspecified atom stereocenters. The number of nitriles is 1. The minimum absolute atomic E-state index is 0.308. The molecule has 0 saturated carbocycles. The van der Waals surface area contributed by atoms with E-state index >= 15 is 0 Å². The molecule has 2 rings (SSSR count). The molecule has 2 aromatic carbocycles. The van der Waals surface area contributed by atoms with Gasteiger partial charge in [0.2, 0.25) is 10.0 Å². The smallest absolute Gasteiger partial charge is 0.212 e. The van der Waals surface area contributed by atoms with E-state index in [2.05, 4.69) is 4.72 Å². The molecule has 0 aromatic heterocycles. The number of halogens is 1. The maximum atomic E-state index is 12.8. The zero-order valence-electron chi connectivity index (χ0n) is 12.0. The molecule has 0 fully saturated rings. The Balaban J connectivity index is 2.14. The highest BCUT2D eigenvalue weighted by atomic mass is 32.2. The Morgan fingerprint density at radius 3 is 2.27 bits per heavy atom. The first-order valence-electron chi connectivity index (χ1n) is 6.60. The molecular formula is C16H15FN2O2S. The first-order valence-corrected chi connectivity index (χ1v) is 8.25. The molecule has 22 heavy (non-hydrogen) atoms. The molecule has 0 saturated heterocycles. The average molecular weight is 318 g/mol. The second-order valence-corrected chi connectivity index (χ2v) is 6.73. The summed E-state index contributed by atoms with van der Waals surface area (Å²) < 4.78 is 39.5. The Kier molecular flexibility index (Phi) is 4.91. The second kappa shape index (κ2) is 6.69. The molecule has 0 bridgehead atoms. The van der Waals surface area contributed by atoms with Gasteiger partial charge >= 0.3 is 0 Å². The van der Waals surface area contributed by atoms with Crippen molar-refractivity contribution in [1.82, 2.24) is 4.72 Å². The molecule has 2 aromatic rings. The number of nitrogens with one attached hydrogen (secondary N) is 1. The average Bonchev–Trinajstić information content (AvgIpc) is 2.48. The van der Waals surface area contributed by atoms with Crippen molar-refractivity contribution in [3.8, 4) is 6.07 Å². The van der Waals surface area contributed by atoms with Crippen LogP contribution in [0.1, 0.15) is 22.7 Å². The first-order chi connectivity index (χ1) is 10.4. The molecule has 0 amide bonds. The largest absolute Gasteiger partial charge is 0.217 e. The van der Waals surface area contributed by atoms with Crippen LogP contribution in [0, 0.1) is 24.1 Å². The highest BCUT2D eigenvalue weighted by Crippen LogP contribution is 2.16. The lowest BCUT2D eigenvalue weighted by atomic mass is 10.1. The van der Waals surface area contributed by atoms with Gasteiger partial charge in [-0.15, -0.1) is 0 Å². The van der Waals surface area contributed by atoms with E-state index in [1.165, 1.54) is 24.3 Å². The van der Waals surface area contributed by atoms with E-state index < -0.39 is 21.9 Å². The number of sulfonamides is 1. The van der Waals surface area contributed by atoms with E-state index in [0.29, 0.717) is 11.1 Å². The Labute approximate surface area is 129 Å². The van der Waals surface area contributed by atoms with E-state index in [-0.39, 0.29) is 5.75 Å². The number of hydrogen-bond acceptors (Lipinski definition) is 3. The third-order valence-electron chi connectivity index (χ3n) is 3.11. The normalized spacial score (nSPS) is 12.6. The Morgan fingerprint density at radius 1 is 1.14 bits per heavy atom. The summed E-state index contributed by atoms with van der Waals surface area (Å²) in [5.41, 5.74) is 2.06. The van der Waals surface area contributed by atoms with Gasteiger partial charge in [-0.1, -0.05) is 42.0 Å². The van der Waals surface area contributed by atoms with Gasteiger partial charge in [-0.05, 0) is 30.2 Å². The summed E-state index contributed by atoms with van der Waals surface area (Å²) in [4.78, 5) is 0. The van der Waals surface area contributed by atoms with E-state index in [0.717, 1.165) is 5.56 Å². The summed E-state index contributed by atoms with van der Waals surface area (Å²) >= 11 is 0. The van der Waals surface area contributed by atoms with Crippen molar-refractivity contribution in [2.75, 3.05) is 0 Å². The Morgan fingerprint density at radius 2 is 1.73 bits per heavy atom. The van der Waals surface area contributed by atoms with Crippen LogP contribution >= 0.6 is 0 Å². The zero-order valence-corrected chi connectivity index (χ0v) is 12.8. The van der Waals surface area contributed by atoms with Crippen LogP contribution in [0.2, 0.25) is 0 Å². The third kappa shape index (κ3) is 4.38. The van der Waals surface area contributed by atoms with Crippen molar-refractivity contribution >= 4 is 10.0 Å². The molecule has 1 N–H and O–H groups in total. The van der Waals surface area contributed by atoms with Crippen LogP contribution in [0.5, 0.6) is 0 Å². The molecule has 0 radical (unpaired) electrons. The van der Waals surface area contributed by atoms with Crippen molar-refractivity contribution in [2.45, 2.75) is 18.7 Å². The van der Waals surface area contributed by atoms with Crippen LogP contribution < -0.4 is 4.72 Å². The van der Waals surface area contributed by atoms with Crippen LogP contribution in [-0.4, -0.2) is 8.42 Å². The predicted octanol–water partition coefficient (Wildman–Crippen LogP) is 2.82. The van der Waals surface area contributed by atoms with Crippen LogP contribution in [0.4, 0.5) is 4.39 Å². The number of rotatable bonds is 5. The maximum Gasteiger partial charge on any atom is 0.217 e. The molecule has 0 aliphatic carbocycles. The third-order valence-corrected chi connectivity index (χ3v) is 4.42. The molecule has 0 spiro atoms. The van der Waals surface area contributed by atoms with Crippen molar-refractivity contribution in [2.24, 2.45) is 0 Å². The number of benzene rings is 2. The summed E-state index contributed by atoms with van der Waals surface area (Å²) in [5, 5.41) is 9.19. The summed E-state index contributed by atoms with van der Waals surface area (Å²) in [6.45, 7) is 1.91. The van der Waals surface area contributed by atoms with Gasteiger partial charge in [0.25, 0.3) is 0 Å². The minimum Gasteiger partial charge on any atom is -0.212 e. The Hall–Kier alpha value is -2.23. The fourth-order valence-corrected chi connectivity index (χ4v) is 3.21. The van der Waals surface area contributed by atoms with Gasteiger partial charge < -0.3 is 0 Å². The van der Waals surface area contributed by atoms with Crippen molar-refractivity contribution < 1.29 is 12.8 Å². The highest BCUT2D eigenvalue weighted by molar-refractivity contribution is 7.88. The highest BCUT2D eigenvalue weighted by Gasteiger charge is 2.19. The first kappa shape index (κ1) is 16.1.